The van der Waals surface area contributed by atoms with Crippen LogP contribution in [0.15, 0.2) is 24.3 Å². The first kappa shape index (κ1) is 14.2. The van der Waals surface area contributed by atoms with Crippen molar-refractivity contribution in [2.24, 2.45) is 0 Å². The van der Waals surface area contributed by atoms with Crippen molar-refractivity contribution < 1.29 is 9.53 Å². The number of nitrogens with one attached hydrogen (secondary N) is 1. The Morgan fingerprint density at radius 3 is 2.86 bits per heavy atom. The summed E-state index contributed by atoms with van der Waals surface area (Å²) in [6, 6.07) is 8.83. The van der Waals surface area contributed by atoms with Gasteiger partial charge in [-0.3, -0.25) is 4.90 Å². The number of carbonyl (C=O) groups is 1. The second-order valence-electron chi connectivity index (χ2n) is 5.94. The fourth-order valence-corrected chi connectivity index (χ4v) is 2.76. The number of methoxy groups -OCH3 is 1. The van der Waals surface area contributed by atoms with E-state index in [4.69, 9.17) is 4.74 Å². The van der Waals surface area contributed by atoms with E-state index < -0.39 is 0 Å². The first-order valence-electron chi connectivity index (χ1n) is 7.57. The number of hydrogen-bond donors (Lipinski definition) is 1. The van der Waals surface area contributed by atoms with E-state index in [1.54, 1.807) is 7.11 Å². The summed E-state index contributed by atoms with van der Waals surface area (Å²) < 4.78 is 5.30. The molecule has 1 N–H and O–H groups in total. The molecule has 1 aliphatic heterocycles. The molecule has 1 unspecified atom stereocenters. The van der Waals surface area contributed by atoms with E-state index >= 15 is 0 Å². The van der Waals surface area contributed by atoms with Crippen molar-refractivity contribution in [3.63, 3.8) is 0 Å². The zero-order valence-corrected chi connectivity index (χ0v) is 12.7. The second-order valence-corrected chi connectivity index (χ2v) is 5.94. The number of likely N-dealkylation sites (N-methyl/N-ethyl adjacent to an activating group) is 1. The van der Waals surface area contributed by atoms with Gasteiger partial charge in [-0.2, -0.15) is 0 Å². The molecule has 114 valence electrons. The summed E-state index contributed by atoms with van der Waals surface area (Å²) in [5, 5.41) is 3.08. The van der Waals surface area contributed by atoms with Gasteiger partial charge in [-0.15, -0.1) is 0 Å². The number of carbonyl (C=O) groups excluding carboxylic acids is 1. The molecule has 1 saturated carbocycles. The van der Waals surface area contributed by atoms with Crippen LogP contribution in [0.4, 0.5) is 4.79 Å². The summed E-state index contributed by atoms with van der Waals surface area (Å²) >= 11 is 0. The molecule has 0 aromatic heterocycles. The van der Waals surface area contributed by atoms with Crippen molar-refractivity contribution in [2.75, 3.05) is 33.8 Å². The van der Waals surface area contributed by atoms with Crippen LogP contribution in [-0.2, 0) is 0 Å². The average molecular weight is 289 g/mol. The Kier molecular flexibility index (Phi) is 4.01. The first-order chi connectivity index (χ1) is 10.2. The first-order valence-corrected chi connectivity index (χ1v) is 7.57. The number of ether oxygens (including phenoxy) is 1. The SMILES string of the molecule is COc1cccc(C2CN(C(=O)NC3CC3)CCN2C)c1. The molecule has 1 aromatic carbocycles. The van der Waals surface area contributed by atoms with Gasteiger partial charge in [0.15, 0.2) is 0 Å². The number of rotatable bonds is 3. The van der Waals surface area contributed by atoms with Gasteiger partial charge in [0.25, 0.3) is 0 Å². The Morgan fingerprint density at radius 1 is 1.33 bits per heavy atom. The van der Waals surface area contributed by atoms with Gasteiger partial charge in [0, 0.05) is 25.7 Å². The summed E-state index contributed by atoms with van der Waals surface area (Å²) in [4.78, 5) is 16.5. The Morgan fingerprint density at radius 2 is 2.14 bits per heavy atom. The van der Waals surface area contributed by atoms with E-state index in [9.17, 15) is 4.79 Å². The molecule has 5 heteroatoms. The lowest BCUT2D eigenvalue weighted by molar-refractivity contribution is 0.110. The minimum Gasteiger partial charge on any atom is -0.497 e. The van der Waals surface area contributed by atoms with Crippen LogP contribution in [-0.4, -0.2) is 55.7 Å². The molecular formula is C16H23N3O2. The van der Waals surface area contributed by atoms with Crippen molar-refractivity contribution in [2.45, 2.75) is 24.9 Å². The van der Waals surface area contributed by atoms with Crippen molar-refractivity contribution in [1.82, 2.24) is 15.1 Å². The van der Waals surface area contributed by atoms with Crippen LogP contribution in [0.2, 0.25) is 0 Å². The molecule has 2 aliphatic rings. The van der Waals surface area contributed by atoms with Gasteiger partial charge in [0.05, 0.1) is 13.2 Å². The Labute approximate surface area is 125 Å². The number of amides is 2. The molecule has 1 atom stereocenters. The van der Waals surface area contributed by atoms with Crippen molar-refractivity contribution >= 4 is 6.03 Å². The Hall–Kier alpha value is -1.75. The molecule has 0 spiro atoms. The van der Waals surface area contributed by atoms with Crippen molar-refractivity contribution in [1.29, 1.82) is 0 Å². The van der Waals surface area contributed by atoms with E-state index in [-0.39, 0.29) is 12.1 Å². The van der Waals surface area contributed by atoms with Gasteiger partial charge < -0.3 is 15.0 Å². The molecule has 5 nitrogen and oxygen atoms in total. The summed E-state index contributed by atoms with van der Waals surface area (Å²) in [6.45, 7) is 2.40. The molecule has 2 amide bonds. The zero-order chi connectivity index (χ0) is 14.8. The van der Waals surface area contributed by atoms with Gasteiger partial charge in [0.2, 0.25) is 0 Å². The number of urea groups is 1. The molecule has 0 bridgehead atoms. The van der Waals surface area contributed by atoms with Gasteiger partial charge in [-0.05, 0) is 37.6 Å². The fourth-order valence-electron chi connectivity index (χ4n) is 2.76. The lowest BCUT2D eigenvalue weighted by Gasteiger charge is -2.39. The highest BCUT2D eigenvalue weighted by Crippen LogP contribution is 2.27. The highest BCUT2D eigenvalue weighted by molar-refractivity contribution is 5.75. The normalized spacial score (nSPS) is 23.0. The van der Waals surface area contributed by atoms with Crippen LogP contribution < -0.4 is 10.1 Å². The minimum absolute atomic E-state index is 0.0819. The minimum atomic E-state index is 0.0819. The summed E-state index contributed by atoms with van der Waals surface area (Å²) in [7, 11) is 3.79. The van der Waals surface area contributed by atoms with E-state index in [0.717, 1.165) is 38.2 Å². The van der Waals surface area contributed by atoms with E-state index in [2.05, 4.69) is 29.4 Å². The largest absolute Gasteiger partial charge is 0.497 e. The third kappa shape index (κ3) is 3.29. The van der Waals surface area contributed by atoms with Crippen LogP contribution in [0.5, 0.6) is 5.75 Å². The predicted molar refractivity (Wildman–Crippen MR) is 81.5 cm³/mol. The van der Waals surface area contributed by atoms with Crippen LogP contribution in [0.1, 0.15) is 24.4 Å². The highest BCUT2D eigenvalue weighted by Gasteiger charge is 2.31. The number of hydrogen-bond acceptors (Lipinski definition) is 3. The summed E-state index contributed by atoms with van der Waals surface area (Å²) in [6.07, 6.45) is 2.25. The fraction of sp³-hybridized carbons (Fsp3) is 0.562. The molecule has 2 fully saturated rings. The highest BCUT2D eigenvalue weighted by atomic mass is 16.5. The van der Waals surface area contributed by atoms with Crippen LogP contribution >= 0.6 is 0 Å². The van der Waals surface area contributed by atoms with Gasteiger partial charge in [-0.25, -0.2) is 4.79 Å². The number of nitrogens with zero attached hydrogens (tertiary/aromatic N) is 2. The second kappa shape index (κ2) is 5.93. The molecule has 3 rings (SSSR count). The maximum Gasteiger partial charge on any atom is 0.317 e. The molecule has 1 saturated heterocycles. The van der Waals surface area contributed by atoms with E-state index in [1.165, 1.54) is 5.56 Å². The lowest BCUT2D eigenvalue weighted by Crippen LogP contribution is -2.52. The molecule has 1 aliphatic carbocycles. The van der Waals surface area contributed by atoms with E-state index in [0.29, 0.717) is 6.04 Å². The number of piperazine rings is 1. The third-order valence-electron chi connectivity index (χ3n) is 4.32. The lowest BCUT2D eigenvalue weighted by atomic mass is 10.0. The Balaban J connectivity index is 1.71. The monoisotopic (exact) mass is 289 g/mol. The molecule has 1 aromatic rings. The predicted octanol–water partition coefficient (Wildman–Crippen LogP) is 1.86. The Bertz CT molecular complexity index is 516. The van der Waals surface area contributed by atoms with Crippen LogP contribution in [0.3, 0.4) is 0 Å². The standard InChI is InChI=1S/C16H23N3O2/c1-18-8-9-19(16(20)17-13-6-7-13)11-15(18)12-4-3-5-14(10-12)21-2/h3-5,10,13,15H,6-9,11H2,1-2H3,(H,17,20). The maximum atomic E-state index is 12.2. The van der Waals surface area contributed by atoms with Gasteiger partial charge in [-0.1, -0.05) is 12.1 Å². The number of benzene rings is 1. The zero-order valence-electron chi connectivity index (χ0n) is 12.7. The van der Waals surface area contributed by atoms with Gasteiger partial charge >= 0.3 is 6.03 Å². The third-order valence-corrected chi connectivity index (χ3v) is 4.32. The van der Waals surface area contributed by atoms with Crippen LogP contribution in [0.25, 0.3) is 0 Å². The average Bonchev–Trinajstić information content (AvgIpc) is 3.31. The summed E-state index contributed by atoms with van der Waals surface area (Å²) in [5.41, 5.74) is 1.20. The summed E-state index contributed by atoms with van der Waals surface area (Å²) in [5.74, 6) is 0.862. The van der Waals surface area contributed by atoms with Crippen molar-refractivity contribution in [3.05, 3.63) is 29.8 Å². The van der Waals surface area contributed by atoms with Gasteiger partial charge in [0.1, 0.15) is 5.75 Å². The van der Waals surface area contributed by atoms with E-state index in [1.807, 2.05) is 17.0 Å². The molecular weight excluding hydrogens is 266 g/mol. The molecule has 0 radical (unpaired) electrons. The molecule has 21 heavy (non-hydrogen) atoms. The maximum absolute atomic E-state index is 12.2. The van der Waals surface area contributed by atoms with Crippen LogP contribution in [0, 0.1) is 0 Å². The molecule has 1 heterocycles. The van der Waals surface area contributed by atoms with Crippen molar-refractivity contribution in [3.8, 4) is 5.75 Å². The quantitative estimate of drug-likeness (QED) is 0.923. The topological polar surface area (TPSA) is 44.8 Å². The smallest absolute Gasteiger partial charge is 0.317 e.